The lowest BCUT2D eigenvalue weighted by molar-refractivity contribution is -0.139. The van der Waals surface area contributed by atoms with E-state index >= 15 is 0 Å². The van der Waals surface area contributed by atoms with Crippen LogP contribution in [0.1, 0.15) is 22.7 Å². The predicted molar refractivity (Wildman–Crippen MR) is 144 cm³/mol. The number of halogens is 1. The number of carbonyl (C=O) groups excluding carboxylic acids is 2. The zero-order chi connectivity index (χ0) is 27.6. The van der Waals surface area contributed by atoms with E-state index in [9.17, 15) is 23.1 Å². The highest BCUT2D eigenvalue weighted by molar-refractivity contribution is 9.10. The number of Topliss-reactive ketones (excluding diaryl/α,β-unsaturated/α-hetero) is 1. The van der Waals surface area contributed by atoms with Crippen molar-refractivity contribution in [3.63, 3.8) is 0 Å². The van der Waals surface area contributed by atoms with Crippen LogP contribution in [0.2, 0.25) is 0 Å². The van der Waals surface area contributed by atoms with E-state index in [4.69, 9.17) is 14.6 Å². The maximum atomic E-state index is 13.3. The van der Waals surface area contributed by atoms with Crippen molar-refractivity contribution >= 4 is 43.4 Å². The Balaban J connectivity index is 1.79. The van der Waals surface area contributed by atoms with Crippen LogP contribution in [0.5, 0.6) is 11.5 Å². The summed E-state index contributed by atoms with van der Waals surface area (Å²) in [6.45, 7) is 0.107. The Morgan fingerprint density at radius 3 is 2.24 bits per heavy atom. The summed E-state index contributed by atoms with van der Waals surface area (Å²) in [6, 6.07) is 16.8. The second-order valence-electron chi connectivity index (χ2n) is 8.55. The van der Waals surface area contributed by atoms with Crippen LogP contribution in [0.4, 0.5) is 0 Å². The van der Waals surface area contributed by atoms with E-state index < -0.39 is 27.8 Å². The first-order chi connectivity index (χ1) is 18.0. The summed E-state index contributed by atoms with van der Waals surface area (Å²) < 4.78 is 34.8. The smallest absolute Gasteiger partial charge is 0.295 e. The second kappa shape index (κ2) is 11.0. The summed E-state index contributed by atoms with van der Waals surface area (Å²) in [5, 5.41) is 16.4. The van der Waals surface area contributed by atoms with E-state index in [0.717, 1.165) is 10.0 Å². The number of ketones is 1. The molecule has 1 amide bonds. The molecule has 0 spiro atoms. The molecule has 9 nitrogen and oxygen atoms in total. The lowest BCUT2D eigenvalue weighted by Gasteiger charge is -2.27. The van der Waals surface area contributed by atoms with Gasteiger partial charge in [0, 0.05) is 28.2 Å². The molecule has 1 fully saturated rings. The second-order valence-corrected chi connectivity index (χ2v) is 11.0. The molecule has 38 heavy (non-hydrogen) atoms. The van der Waals surface area contributed by atoms with Gasteiger partial charge in [-0.1, -0.05) is 40.2 Å². The maximum absolute atomic E-state index is 13.3. The topological polar surface area (TPSA) is 136 Å². The molecule has 0 bridgehead atoms. The molecular weight excluding hydrogens is 576 g/mol. The Morgan fingerprint density at radius 2 is 1.66 bits per heavy atom. The van der Waals surface area contributed by atoms with Crippen molar-refractivity contribution in [3.05, 3.63) is 93.5 Å². The van der Waals surface area contributed by atoms with E-state index in [2.05, 4.69) is 15.9 Å². The predicted octanol–water partition coefficient (Wildman–Crippen LogP) is 3.78. The van der Waals surface area contributed by atoms with Crippen molar-refractivity contribution in [3.8, 4) is 11.5 Å². The molecule has 198 valence electrons. The van der Waals surface area contributed by atoms with Gasteiger partial charge in [-0.2, -0.15) is 0 Å². The first-order valence-electron chi connectivity index (χ1n) is 11.4. The van der Waals surface area contributed by atoms with E-state index in [1.54, 1.807) is 54.6 Å². The molecule has 4 rings (SSSR count). The molecule has 1 aliphatic rings. The van der Waals surface area contributed by atoms with Gasteiger partial charge < -0.3 is 19.5 Å². The van der Waals surface area contributed by atoms with E-state index in [-0.39, 0.29) is 22.8 Å². The lowest BCUT2D eigenvalue weighted by Crippen LogP contribution is -2.32. The van der Waals surface area contributed by atoms with Gasteiger partial charge in [0.1, 0.15) is 17.3 Å². The highest BCUT2D eigenvalue weighted by Crippen LogP contribution is 2.43. The Bertz CT molecular complexity index is 1520. The minimum absolute atomic E-state index is 0.0286. The van der Waals surface area contributed by atoms with E-state index in [1.807, 2.05) is 0 Å². The molecule has 1 unspecified atom stereocenters. The van der Waals surface area contributed by atoms with E-state index in [0.29, 0.717) is 29.0 Å². The van der Waals surface area contributed by atoms with Crippen LogP contribution in [0.15, 0.2) is 81.7 Å². The number of likely N-dealkylation sites (tertiary alicyclic amines) is 1. The summed E-state index contributed by atoms with van der Waals surface area (Å²) >= 11 is 3.35. The number of rotatable bonds is 8. The van der Waals surface area contributed by atoms with Gasteiger partial charge in [-0.3, -0.25) is 9.59 Å². The first kappa shape index (κ1) is 27.4. The van der Waals surface area contributed by atoms with Crippen molar-refractivity contribution in [2.75, 3.05) is 20.8 Å². The molecule has 1 aliphatic heterocycles. The highest BCUT2D eigenvalue weighted by atomic mass is 79.9. The Hall–Kier alpha value is -3.67. The number of hydrogen-bond donors (Lipinski definition) is 2. The monoisotopic (exact) mass is 600 g/mol. The molecule has 1 saturated heterocycles. The van der Waals surface area contributed by atoms with Gasteiger partial charge in [-0.15, -0.1) is 0 Å². The molecule has 0 aliphatic carbocycles. The number of sulfonamides is 1. The number of carbonyl (C=O) groups is 2. The standard InChI is InChI=1S/C27H25BrN2O7S/c1-36-19-9-12-21(22(15-19)37-2)24-23(25(31)17-5-7-18(28)8-6-17)26(32)27(33)30(24)14-13-16-3-10-20(11-4-16)38(29,34)35/h3-12,15,24,31H,13-14H2,1-2H3,(H2,29,34,35). The molecule has 0 aromatic heterocycles. The highest BCUT2D eigenvalue weighted by Gasteiger charge is 2.47. The number of methoxy groups -OCH3 is 2. The number of benzene rings is 3. The number of nitrogens with zero attached hydrogens (tertiary/aromatic N) is 1. The van der Waals surface area contributed by atoms with Crippen molar-refractivity contribution in [2.45, 2.75) is 17.4 Å². The lowest BCUT2D eigenvalue weighted by atomic mass is 9.94. The van der Waals surface area contributed by atoms with Crippen molar-refractivity contribution in [1.82, 2.24) is 4.90 Å². The van der Waals surface area contributed by atoms with Crippen LogP contribution in [0.3, 0.4) is 0 Å². The summed E-state index contributed by atoms with van der Waals surface area (Å²) in [4.78, 5) is 27.9. The Morgan fingerprint density at radius 1 is 1.00 bits per heavy atom. The van der Waals surface area contributed by atoms with Crippen molar-refractivity contribution in [2.24, 2.45) is 5.14 Å². The van der Waals surface area contributed by atoms with Crippen LogP contribution >= 0.6 is 15.9 Å². The fraction of sp³-hybridized carbons (Fsp3) is 0.185. The summed E-state index contributed by atoms with van der Waals surface area (Å²) in [5.41, 5.74) is 1.54. The van der Waals surface area contributed by atoms with Crippen LogP contribution < -0.4 is 14.6 Å². The van der Waals surface area contributed by atoms with Crippen LogP contribution in [-0.4, -0.2) is 50.9 Å². The molecular formula is C27H25BrN2O7S. The third kappa shape index (κ3) is 5.45. The maximum Gasteiger partial charge on any atom is 0.295 e. The number of hydrogen-bond acceptors (Lipinski definition) is 7. The van der Waals surface area contributed by atoms with Crippen LogP contribution in [0.25, 0.3) is 5.76 Å². The normalized spacial score (nSPS) is 17.1. The number of aliphatic hydroxyl groups excluding tert-OH is 1. The number of aliphatic hydroxyl groups is 1. The minimum Gasteiger partial charge on any atom is -0.507 e. The molecule has 3 aromatic rings. The number of amides is 1. The molecule has 3 N–H and O–H groups in total. The third-order valence-corrected chi connectivity index (χ3v) is 7.74. The first-order valence-corrected chi connectivity index (χ1v) is 13.8. The zero-order valence-corrected chi connectivity index (χ0v) is 23.0. The molecule has 0 radical (unpaired) electrons. The molecule has 11 heteroatoms. The van der Waals surface area contributed by atoms with Gasteiger partial charge in [0.05, 0.1) is 30.7 Å². The minimum atomic E-state index is -3.84. The average Bonchev–Trinajstić information content (AvgIpc) is 3.16. The van der Waals surface area contributed by atoms with Crippen LogP contribution in [-0.2, 0) is 26.0 Å². The van der Waals surface area contributed by atoms with Gasteiger partial charge in [0.25, 0.3) is 11.7 Å². The quantitative estimate of drug-likeness (QED) is 0.228. The van der Waals surface area contributed by atoms with Gasteiger partial charge in [0.15, 0.2) is 0 Å². The summed E-state index contributed by atoms with van der Waals surface area (Å²) in [7, 11) is -0.867. The summed E-state index contributed by atoms with van der Waals surface area (Å²) in [5.74, 6) is -1.00. The molecule has 0 saturated carbocycles. The zero-order valence-electron chi connectivity index (χ0n) is 20.5. The fourth-order valence-corrected chi connectivity index (χ4v) is 5.12. The van der Waals surface area contributed by atoms with Gasteiger partial charge >= 0.3 is 0 Å². The summed E-state index contributed by atoms with van der Waals surface area (Å²) in [6.07, 6.45) is 0.311. The Labute approximate surface area is 228 Å². The van der Waals surface area contributed by atoms with E-state index in [1.165, 1.54) is 31.3 Å². The molecule has 3 aromatic carbocycles. The Kier molecular flexibility index (Phi) is 7.91. The largest absolute Gasteiger partial charge is 0.507 e. The SMILES string of the molecule is COc1ccc(C2C(=C(O)c3ccc(Br)cc3)C(=O)C(=O)N2CCc2ccc(S(N)(=O)=O)cc2)c(OC)c1. The van der Waals surface area contributed by atoms with Gasteiger partial charge in [0.2, 0.25) is 10.0 Å². The molecule has 1 heterocycles. The average molecular weight is 601 g/mol. The number of primary sulfonamides is 1. The van der Waals surface area contributed by atoms with Crippen LogP contribution in [0, 0.1) is 0 Å². The molecule has 1 atom stereocenters. The van der Waals surface area contributed by atoms with Crippen molar-refractivity contribution in [1.29, 1.82) is 0 Å². The third-order valence-electron chi connectivity index (χ3n) is 6.29. The van der Waals surface area contributed by atoms with Crippen molar-refractivity contribution < 1.29 is 32.6 Å². The van der Waals surface area contributed by atoms with Gasteiger partial charge in [-0.25, -0.2) is 13.6 Å². The number of nitrogens with two attached hydrogens (primary N) is 1. The van der Waals surface area contributed by atoms with Gasteiger partial charge in [-0.05, 0) is 48.4 Å². The number of ether oxygens (including phenoxy) is 2. The fourth-order valence-electron chi connectivity index (χ4n) is 4.34.